The van der Waals surface area contributed by atoms with Crippen molar-refractivity contribution in [2.45, 2.75) is 33.1 Å². The fourth-order valence-electron chi connectivity index (χ4n) is 1.81. The summed E-state index contributed by atoms with van der Waals surface area (Å²) >= 11 is 5.98. The summed E-state index contributed by atoms with van der Waals surface area (Å²) < 4.78 is 5.84. The summed E-state index contributed by atoms with van der Waals surface area (Å²) in [5.41, 5.74) is 2.22. The Morgan fingerprint density at radius 2 is 1.79 bits per heavy atom. The first-order valence-corrected chi connectivity index (χ1v) is 6.51. The third-order valence-electron chi connectivity index (χ3n) is 2.77. The molecule has 1 aromatic heterocycles. The molecule has 2 rings (SSSR count). The Kier molecular flexibility index (Phi) is 3.76. The molecule has 2 aromatic rings. The minimum atomic E-state index is -0.0162. The van der Waals surface area contributed by atoms with Gasteiger partial charge in [0.05, 0.1) is 0 Å². The predicted molar refractivity (Wildman–Crippen MR) is 77.0 cm³/mol. The van der Waals surface area contributed by atoms with E-state index in [1.165, 1.54) is 6.20 Å². The molecule has 1 heterocycles. The zero-order valence-electron chi connectivity index (χ0n) is 11.6. The molecule has 0 fully saturated rings. The van der Waals surface area contributed by atoms with Crippen molar-refractivity contribution >= 4 is 11.6 Å². The van der Waals surface area contributed by atoms with Gasteiger partial charge in [-0.2, -0.15) is 0 Å². The van der Waals surface area contributed by atoms with Crippen LogP contribution in [0.15, 0.2) is 30.6 Å². The number of hydrogen-bond donors (Lipinski definition) is 0. The minimum absolute atomic E-state index is 0.0162. The number of nitrogens with zero attached hydrogens (tertiary/aromatic N) is 2. The standard InChI is InChI=1S/C15H17ClN2O/c1-10-5-6-11(15(2,3)4)12(9-10)19-14-13(16)17-7-8-18-14/h5-9H,1-4H3. The molecule has 4 heteroatoms. The second-order valence-corrected chi connectivity index (χ2v) is 5.86. The van der Waals surface area contributed by atoms with Gasteiger partial charge in [-0.25, -0.2) is 9.97 Å². The van der Waals surface area contributed by atoms with E-state index in [-0.39, 0.29) is 10.6 Å². The van der Waals surface area contributed by atoms with Gasteiger partial charge >= 0.3 is 0 Å². The summed E-state index contributed by atoms with van der Waals surface area (Å²) in [6.45, 7) is 8.45. The Balaban J connectivity index is 2.45. The molecule has 1 aromatic carbocycles. The fraction of sp³-hybridized carbons (Fsp3) is 0.333. The monoisotopic (exact) mass is 276 g/mol. The highest BCUT2D eigenvalue weighted by molar-refractivity contribution is 6.30. The second kappa shape index (κ2) is 5.17. The van der Waals surface area contributed by atoms with Gasteiger partial charge in [0.2, 0.25) is 0 Å². The van der Waals surface area contributed by atoms with E-state index in [2.05, 4.69) is 42.9 Å². The summed E-state index contributed by atoms with van der Waals surface area (Å²) in [7, 11) is 0. The van der Waals surface area contributed by atoms with E-state index in [0.717, 1.165) is 16.9 Å². The van der Waals surface area contributed by atoms with Crippen LogP contribution in [0.25, 0.3) is 0 Å². The summed E-state index contributed by atoms with van der Waals surface area (Å²) in [5, 5.41) is 0.267. The number of ether oxygens (including phenoxy) is 1. The third kappa shape index (κ3) is 3.24. The van der Waals surface area contributed by atoms with Crippen molar-refractivity contribution in [2.75, 3.05) is 0 Å². The van der Waals surface area contributed by atoms with Gasteiger partial charge < -0.3 is 4.74 Å². The van der Waals surface area contributed by atoms with Crippen LogP contribution in [0.5, 0.6) is 11.6 Å². The Morgan fingerprint density at radius 3 is 2.42 bits per heavy atom. The van der Waals surface area contributed by atoms with Gasteiger partial charge in [0.15, 0.2) is 5.15 Å². The van der Waals surface area contributed by atoms with Crippen molar-refractivity contribution < 1.29 is 4.74 Å². The van der Waals surface area contributed by atoms with Gasteiger partial charge in [0.25, 0.3) is 5.88 Å². The summed E-state index contributed by atoms with van der Waals surface area (Å²) in [4.78, 5) is 8.08. The molecule has 0 unspecified atom stereocenters. The van der Waals surface area contributed by atoms with Crippen LogP contribution in [0, 0.1) is 6.92 Å². The molecular weight excluding hydrogens is 260 g/mol. The van der Waals surface area contributed by atoms with E-state index in [9.17, 15) is 0 Å². The lowest BCUT2D eigenvalue weighted by Crippen LogP contribution is -2.12. The van der Waals surface area contributed by atoms with Crippen LogP contribution in [0.1, 0.15) is 31.9 Å². The van der Waals surface area contributed by atoms with E-state index >= 15 is 0 Å². The summed E-state index contributed by atoms with van der Waals surface area (Å²) in [5.74, 6) is 1.11. The van der Waals surface area contributed by atoms with Crippen molar-refractivity contribution in [3.05, 3.63) is 46.9 Å². The number of aromatic nitrogens is 2. The maximum Gasteiger partial charge on any atom is 0.257 e. The summed E-state index contributed by atoms with van der Waals surface area (Å²) in [6, 6.07) is 6.15. The van der Waals surface area contributed by atoms with Crippen molar-refractivity contribution in [3.8, 4) is 11.6 Å². The van der Waals surface area contributed by atoms with Crippen LogP contribution in [0.3, 0.4) is 0 Å². The molecule has 0 spiro atoms. The first kappa shape index (κ1) is 13.8. The average molecular weight is 277 g/mol. The minimum Gasteiger partial charge on any atom is -0.436 e. The van der Waals surface area contributed by atoms with Gasteiger partial charge in [0.1, 0.15) is 5.75 Å². The Labute approximate surface area is 118 Å². The Bertz CT molecular complexity index is 591. The molecule has 0 aliphatic rings. The summed E-state index contributed by atoms with van der Waals surface area (Å²) in [6.07, 6.45) is 3.10. The van der Waals surface area contributed by atoms with Gasteiger partial charge in [-0.05, 0) is 24.0 Å². The topological polar surface area (TPSA) is 35.0 Å². The molecule has 0 amide bonds. The van der Waals surface area contributed by atoms with Gasteiger partial charge in [0, 0.05) is 18.0 Å². The maximum atomic E-state index is 5.98. The van der Waals surface area contributed by atoms with Crippen molar-refractivity contribution in [1.82, 2.24) is 9.97 Å². The largest absolute Gasteiger partial charge is 0.436 e. The van der Waals surface area contributed by atoms with Crippen LogP contribution in [-0.2, 0) is 5.41 Å². The molecule has 0 saturated heterocycles. The number of hydrogen-bond acceptors (Lipinski definition) is 3. The van der Waals surface area contributed by atoms with Crippen molar-refractivity contribution in [2.24, 2.45) is 0 Å². The Hall–Kier alpha value is -1.61. The lowest BCUT2D eigenvalue weighted by Gasteiger charge is -2.22. The smallest absolute Gasteiger partial charge is 0.257 e. The van der Waals surface area contributed by atoms with E-state index in [1.807, 2.05) is 13.0 Å². The normalized spacial score (nSPS) is 11.4. The molecule has 0 aliphatic carbocycles. The molecule has 0 atom stereocenters. The van der Waals surface area contributed by atoms with Crippen molar-refractivity contribution in [1.29, 1.82) is 0 Å². The maximum absolute atomic E-state index is 5.98. The van der Waals surface area contributed by atoms with Crippen LogP contribution < -0.4 is 4.74 Å². The van der Waals surface area contributed by atoms with E-state index < -0.39 is 0 Å². The van der Waals surface area contributed by atoms with Gasteiger partial charge in [-0.3, -0.25) is 0 Å². The lowest BCUT2D eigenvalue weighted by molar-refractivity contribution is 0.437. The zero-order valence-corrected chi connectivity index (χ0v) is 12.3. The number of aryl methyl sites for hydroxylation is 1. The molecule has 3 nitrogen and oxygen atoms in total. The molecule has 100 valence electrons. The van der Waals surface area contributed by atoms with Crippen LogP contribution in [-0.4, -0.2) is 9.97 Å². The SMILES string of the molecule is Cc1ccc(C(C)(C)C)c(Oc2nccnc2Cl)c1. The molecule has 0 N–H and O–H groups in total. The average Bonchev–Trinajstić information content (AvgIpc) is 2.30. The quantitative estimate of drug-likeness (QED) is 0.808. The lowest BCUT2D eigenvalue weighted by atomic mass is 9.86. The second-order valence-electron chi connectivity index (χ2n) is 5.50. The van der Waals surface area contributed by atoms with E-state index in [1.54, 1.807) is 6.20 Å². The highest BCUT2D eigenvalue weighted by Gasteiger charge is 2.20. The number of rotatable bonds is 2. The molecule has 0 saturated carbocycles. The van der Waals surface area contributed by atoms with Crippen LogP contribution >= 0.6 is 11.6 Å². The van der Waals surface area contributed by atoms with E-state index in [0.29, 0.717) is 5.88 Å². The molecule has 0 aliphatic heterocycles. The molecule has 0 bridgehead atoms. The first-order chi connectivity index (χ1) is 8.88. The molecule has 19 heavy (non-hydrogen) atoms. The number of halogens is 1. The number of benzene rings is 1. The van der Waals surface area contributed by atoms with E-state index in [4.69, 9.17) is 16.3 Å². The van der Waals surface area contributed by atoms with Gasteiger partial charge in [-0.15, -0.1) is 0 Å². The third-order valence-corrected chi connectivity index (χ3v) is 3.03. The molecular formula is C15H17ClN2O. The zero-order chi connectivity index (χ0) is 14.0. The van der Waals surface area contributed by atoms with Crippen LogP contribution in [0.2, 0.25) is 5.15 Å². The first-order valence-electron chi connectivity index (χ1n) is 6.13. The molecule has 0 radical (unpaired) electrons. The fourth-order valence-corrected chi connectivity index (χ4v) is 1.96. The van der Waals surface area contributed by atoms with Crippen LogP contribution in [0.4, 0.5) is 0 Å². The predicted octanol–water partition coefficient (Wildman–Crippen LogP) is 4.53. The van der Waals surface area contributed by atoms with Crippen molar-refractivity contribution in [3.63, 3.8) is 0 Å². The van der Waals surface area contributed by atoms with Gasteiger partial charge in [-0.1, -0.05) is 44.5 Å². The highest BCUT2D eigenvalue weighted by atomic mass is 35.5. The Morgan fingerprint density at radius 1 is 1.11 bits per heavy atom. The highest BCUT2D eigenvalue weighted by Crippen LogP contribution is 2.35.